The number of halogens is 1. The van der Waals surface area contributed by atoms with E-state index in [9.17, 15) is 4.79 Å². The topological polar surface area (TPSA) is 29.4 Å². The molecule has 0 unspecified atom stereocenters. The Bertz CT molecular complexity index is 229. The van der Waals surface area contributed by atoms with Crippen LogP contribution in [0.2, 0.25) is 0 Å². The molecule has 0 amide bonds. The number of rotatable bonds is 1. The van der Waals surface area contributed by atoms with E-state index in [1.54, 1.807) is 12.1 Å². The number of nitrogens with zero attached hydrogens (tertiary/aromatic N) is 1. The zero-order valence-corrected chi connectivity index (χ0v) is 6.86. The molecule has 0 aromatic heterocycles. The van der Waals surface area contributed by atoms with E-state index in [4.69, 9.17) is 0 Å². The average Bonchev–Trinajstić information content (AvgIpc) is 1.91. The van der Waals surface area contributed by atoms with Gasteiger partial charge in [0.15, 0.2) is 0 Å². The molecule has 0 spiro atoms. The Labute approximate surface area is 69.4 Å². The molecule has 0 heterocycles. The maximum absolute atomic E-state index is 9.68. The third-order valence-electron chi connectivity index (χ3n) is 0.931. The van der Waals surface area contributed by atoms with Crippen LogP contribution in [0.3, 0.4) is 0 Å². The Morgan fingerprint density at radius 2 is 1.80 bits per heavy atom. The molecular weight excluding hydrogens is 194 g/mol. The van der Waals surface area contributed by atoms with E-state index in [0.717, 1.165) is 0 Å². The van der Waals surface area contributed by atoms with Crippen LogP contribution in [0.4, 0.5) is 5.69 Å². The summed E-state index contributed by atoms with van der Waals surface area (Å²) in [6, 6.07) is 8.98. The Kier molecular flexibility index (Phi) is 4.46. The third-order valence-corrected chi connectivity index (χ3v) is 0.931. The molecule has 2 nitrogen and oxygen atoms in total. The highest BCUT2D eigenvalue weighted by Gasteiger charge is 1.79. The summed E-state index contributed by atoms with van der Waals surface area (Å²) >= 11 is 0. The molecule has 1 aromatic carbocycles. The molecule has 0 saturated carbocycles. The lowest BCUT2D eigenvalue weighted by Gasteiger charge is -1.83. The second-order valence-corrected chi connectivity index (χ2v) is 1.54. The van der Waals surface area contributed by atoms with Crippen molar-refractivity contribution in [2.24, 2.45) is 4.99 Å². The second kappa shape index (κ2) is 4.91. The van der Waals surface area contributed by atoms with Crippen LogP contribution in [0.25, 0.3) is 0 Å². The van der Waals surface area contributed by atoms with Crippen LogP contribution in [0.5, 0.6) is 0 Å². The van der Waals surface area contributed by atoms with Crippen molar-refractivity contribution in [2.75, 3.05) is 0 Å². The first-order valence-electron chi connectivity index (χ1n) is 2.56. The van der Waals surface area contributed by atoms with Gasteiger partial charge in [-0.1, -0.05) is 18.2 Å². The highest BCUT2D eigenvalue weighted by Crippen LogP contribution is 2.06. The lowest BCUT2D eigenvalue weighted by Crippen LogP contribution is -1.59. The van der Waals surface area contributed by atoms with Gasteiger partial charge in [0.1, 0.15) is 0 Å². The maximum atomic E-state index is 9.68. The van der Waals surface area contributed by atoms with Crippen LogP contribution in [-0.2, 0) is 4.79 Å². The lowest BCUT2D eigenvalue weighted by molar-refractivity contribution is 0.565. The molecule has 0 radical (unpaired) electrons. The fourth-order valence-electron chi connectivity index (χ4n) is 0.555. The van der Waals surface area contributed by atoms with E-state index >= 15 is 0 Å². The minimum absolute atomic E-state index is 0. The molecule has 1 aromatic rings. The van der Waals surface area contributed by atoms with Crippen LogP contribution in [0.15, 0.2) is 35.3 Å². The summed E-state index contributed by atoms with van der Waals surface area (Å²) in [7, 11) is 0. The Balaban J connectivity index is 0.000000810. The van der Waals surface area contributed by atoms with Crippen LogP contribution in [0, 0.1) is 0 Å². The van der Waals surface area contributed by atoms with Crippen molar-refractivity contribution in [3.05, 3.63) is 30.3 Å². The summed E-state index contributed by atoms with van der Waals surface area (Å²) in [5.74, 6) is 0. The van der Waals surface area contributed by atoms with Crippen molar-refractivity contribution in [2.45, 2.75) is 0 Å². The number of hydrogen-bond acceptors (Lipinski definition) is 2. The van der Waals surface area contributed by atoms with Crippen molar-refractivity contribution in [3.63, 3.8) is 0 Å². The van der Waals surface area contributed by atoms with Gasteiger partial charge in [-0.2, -0.15) is 4.99 Å². The summed E-state index contributed by atoms with van der Waals surface area (Å²) in [6.45, 7) is 0. The van der Waals surface area contributed by atoms with Crippen molar-refractivity contribution in [1.29, 1.82) is 0 Å². The third kappa shape index (κ3) is 2.58. The Hall–Kier alpha value is -0.920. The first-order chi connectivity index (χ1) is 4.43. The van der Waals surface area contributed by atoms with Crippen LogP contribution in [-0.4, -0.2) is 6.08 Å². The smallest absolute Gasteiger partial charge is 0.211 e. The first kappa shape index (κ1) is 9.08. The van der Waals surface area contributed by atoms with E-state index in [1.165, 1.54) is 6.08 Å². The van der Waals surface area contributed by atoms with E-state index in [1.807, 2.05) is 18.2 Å². The number of aliphatic imine (C=N–C) groups is 1. The first-order valence-corrected chi connectivity index (χ1v) is 2.56. The van der Waals surface area contributed by atoms with Gasteiger partial charge in [-0.3, -0.25) is 0 Å². The molecule has 0 aliphatic rings. The van der Waals surface area contributed by atoms with Gasteiger partial charge in [0.2, 0.25) is 6.08 Å². The standard InChI is InChI=1S/C7H5NO.BrH/c9-6-8-7-4-2-1-3-5-7;/h1-5H;1H. The highest BCUT2D eigenvalue weighted by atomic mass is 79.9. The lowest BCUT2D eigenvalue weighted by atomic mass is 10.3. The summed E-state index contributed by atoms with van der Waals surface area (Å²) < 4.78 is 0. The van der Waals surface area contributed by atoms with E-state index < -0.39 is 0 Å². The number of para-hydroxylation sites is 1. The van der Waals surface area contributed by atoms with Crippen LogP contribution in [0.1, 0.15) is 0 Å². The maximum Gasteiger partial charge on any atom is 0.240 e. The Morgan fingerprint density at radius 3 is 2.30 bits per heavy atom. The zero-order valence-electron chi connectivity index (χ0n) is 5.15. The minimum Gasteiger partial charge on any atom is -0.211 e. The molecule has 0 N–H and O–H groups in total. The molecule has 0 aliphatic carbocycles. The highest BCUT2D eigenvalue weighted by molar-refractivity contribution is 8.93. The monoisotopic (exact) mass is 199 g/mol. The molecule has 52 valence electrons. The van der Waals surface area contributed by atoms with Crippen LogP contribution < -0.4 is 0 Å². The zero-order chi connectivity index (χ0) is 6.53. The van der Waals surface area contributed by atoms with Gasteiger partial charge in [-0.25, -0.2) is 4.79 Å². The van der Waals surface area contributed by atoms with Crippen molar-refractivity contribution in [3.8, 4) is 0 Å². The fraction of sp³-hybridized carbons (Fsp3) is 0. The molecule has 3 heteroatoms. The predicted molar refractivity (Wildman–Crippen MR) is 44.5 cm³/mol. The van der Waals surface area contributed by atoms with E-state index in [0.29, 0.717) is 5.69 Å². The molecule has 10 heavy (non-hydrogen) atoms. The summed E-state index contributed by atoms with van der Waals surface area (Å²) in [4.78, 5) is 13.1. The SMILES string of the molecule is Br.O=C=Nc1ccccc1. The van der Waals surface area contributed by atoms with E-state index in [2.05, 4.69) is 4.99 Å². The quantitative estimate of drug-likeness (QED) is 0.504. The van der Waals surface area contributed by atoms with Gasteiger partial charge in [-0.05, 0) is 12.1 Å². The normalized spacial score (nSPS) is 7.20. The van der Waals surface area contributed by atoms with Gasteiger partial charge >= 0.3 is 0 Å². The van der Waals surface area contributed by atoms with Crippen molar-refractivity contribution >= 4 is 28.7 Å². The van der Waals surface area contributed by atoms with Crippen molar-refractivity contribution < 1.29 is 4.79 Å². The molecule has 1 rings (SSSR count). The molecule has 0 bridgehead atoms. The Morgan fingerprint density at radius 1 is 1.20 bits per heavy atom. The second-order valence-electron chi connectivity index (χ2n) is 1.54. The fourth-order valence-corrected chi connectivity index (χ4v) is 0.555. The van der Waals surface area contributed by atoms with Gasteiger partial charge in [0.05, 0.1) is 5.69 Å². The van der Waals surface area contributed by atoms with E-state index in [-0.39, 0.29) is 17.0 Å². The van der Waals surface area contributed by atoms with Gasteiger partial charge < -0.3 is 0 Å². The number of isocyanates is 1. The summed E-state index contributed by atoms with van der Waals surface area (Å²) in [6.07, 6.45) is 1.46. The largest absolute Gasteiger partial charge is 0.240 e. The molecule has 0 fully saturated rings. The minimum atomic E-state index is 0. The average molecular weight is 200 g/mol. The molecule has 0 atom stereocenters. The molecule has 0 aliphatic heterocycles. The number of benzene rings is 1. The number of carbonyl (C=O) groups excluding carboxylic acids is 1. The van der Waals surface area contributed by atoms with Gasteiger partial charge in [0, 0.05) is 0 Å². The molecular formula is C7H6BrNO. The van der Waals surface area contributed by atoms with Gasteiger partial charge in [0.25, 0.3) is 0 Å². The van der Waals surface area contributed by atoms with Crippen LogP contribution >= 0.6 is 17.0 Å². The molecule has 0 saturated heterocycles. The van der Waals surface area contributed by atoms with Gasteiger partial charge in [-0.15, -0.1) is 17.0 Å². The summed E-state index contributed by atoms with van der Waals surface area (Å²) in [5.41, 5.74) is 0.646. The van der Waals surface area contributed by atoms with Crippen molar-refractivity contribution in [1.82, 2.24) is 0 Å². The number of hydrogen-bond donors (Lipinski definition) is 0. The summed E-state index contributed by atoms with van der Waals surface area (Å²) in [5, 5.41) is 0. The predicted octanol–water partition coefficient (Wildman–Crippen LogP) is 2.23.